The molecule has 1 saturated heterocycles. The van der Waals surface area contributed by atoms with Crippen LogP contribution in [0.3, 0.4) is 0 Å². The molecule has 0 N–H and O–H groups in total. The van der Waals surface area contributed by atoms with E-state index >= 15 is 0 Å². The van der Waals surface area contributed by atoms with Crippen LogP contribution in [0.15, 0.2) is 127 Å². The molecule has 424 valence electrons. The van der Waals surface area contributed by atoms with Crippen molar-refractivity contribution in [1.82, 2.24) is 9.88 Å². The Kier molecular flexibility index (Phi) is 16.8. The number of methoxy groups -OCH3 is 3. The topological polar surface area (TPSA) is 211 Å². The monoisotopic (exact) mass is 1130 g/mol. The summed E-state index contributed by atoms with van der Waals surface area (Å²) in [6.07, 6.45) is 3.45. The highest BCUT2D eigenvalue weighted by Gasteiger charge is 2.50. The van der Waals surface area contributed by atoms with Gasteiger partial charge in [0.2, 0.25) is 0 Å². The third-order valence-electron chi connectivity index (χ3n) is 14.9. The average molecular weight is 1130 g/mol. The van der Waals surface area contributed by atoms with Gasteiger partial charge in [-0.1, -0.05) is 74.7 Å². The number of nitrogens with zero attached hydrogens (tertiary/aromatic N) is 5. The fraction of sp³-hybridized carbons (Fsp3) is 0.350. The van der Waals surface area contributed by atoms with Gasteiger partial charge in [0.05, 0.1) is 70.8 Å². The van der Waals surface area contributed by atoms with Crippen LogP contribution in [0.1, 0.15) is 75.8 Å². The average Bonchev–Trinajstić information content (AvgIpc) is 3.31. The summed E-state index contributed by atoms with van der Waals surface area (Å²) in [4.78, 5) is 69.2. The highest BCUT2D eigenvalue weighted by Crippen LogP contribution is 2.47. The number of hydrogen-bond donors (Lipinski definition) is 0. The highest BCUT2D eigenvalue weighted by atomic mass is 32.2. The molecule has 0 bridgehead atoms. The molecule has 0 aliphatic carbocycles. The van der Waals surface area contributed by atoms with E-state index in [2.05, 4.69) is 13.2 Å². The van der Waals surface area contributed by atoms with Crippen molar-refractivity contribution in [2.75, 3.05) is 68.1 Å². The number of fused-ring (bicyclic) bond motifs is 6. The molecule has 1 fully saturated rings. The number of hydrogen-bond acceptors (Lipinski definition) is 16. The maximum Gasteiger partial charge on any atom is 0.416 e. The molecule has 1 aromatic heterocycles. The van der Waals surface area contributed by atoms with Crippen molar-refractivity contribution in [3.63, 3.8) is 0 Å². The second-order valence-corrected chi connectivity index (χ2v) is 21.9. The second kappa shape index (κ2) is 24.2. The standard InChI is InChI=1S/C60H63N5O15S/c1-7-26-76-59(68)64-46-33-52(50(72-4)31-43(46)55(66)62-25-24-38(29-48(62)57(64)74-6)37-20-22-42(23-21-37)81(70,71)9-3)78-35-40-16-14-17-41(61-40)36-79-53-34-47-44(32-51(53)73-5)56(67)63-45-18-11-10-15-39(45)30-49(63)58(65(47)60(69)77-27-8-2)80-54-19-12-13-28-75-54/h7-8,10-11,14-18,20-24,31-34,48-49,54,57-58H,1-2,9,12-13,19,25-30,35-36H2,3-6H3/t48-,49-,54?,57?,58?/m0/s1. The lowest BCUT2D eigenvalue weighted by atomic mass is 9.93. The molecule has 0 saturated carbocycles. The lowest BCUT2D eigenvalue weighted by molar-refractivity contribution is -0.190. The Morgan fingerprint density at radius 1 is 0.716 bits per heavy atom. The first kappa shape index (κ1) is 56.1. The van der Waals surface area contributed by atoms with Crippen molar-refractivity contribution in [2.45, 2.75) is 88.0 Å². The summed E-state index contributed by atoms with van der Waals surface area (Å²) in [5, 5.41) is 0. The van der Waals surface area contributed by atoms with Gasteiger partial charge in [-0.15, -0.1) is 0 Å². The first-order valence-electron chi connectivity index (χ1n) is 26.6. The molecule has 0 radical (unpaired) electrons. The van der Waals surface area contributed by atoms with Gasteiger partial charge in [0.1, 0.15) is 26.4 Å². The predicted octanol–water partition coefficient (Wildman–Crippen LogP) is 9.05. The fourth-order valence-corrected chi connectivity index (χ4v) is 11.8. The molecule has 10 rings (SSSR count). The van der Waals surface area contributed by atoms with Gasteiger partial charge in [-0.05, 0) is 91.3 Å². The normalized spacial score (nSPS) is 20.2. The zero-order valence-corrected chi connectivity index (χ0v) is 46.3. The summed E-state index contributed by atoms with van der Waals surface area (Å²) < 4.78 is 79.9. The van der Waals surface area contributed by atoms with Crippen LogP contribution in [0, 0.1) is 0 Å². The molecule has 4 aromatic carbocycles. The smallest absolute Gasteiger partial charge is 0.416 e. The number of para-hydroxylation sites is 1. The third-order valence-corrected chi connectivity index (χ3v) is 16.6. The highest BCUT2D eigenvalue weighted by molar-refractivity contribution is 7.91. The van der Waals surface area contributed by atoms with Crippen LogP contribution < -0.4 is 33.6 Å². The lowest BCUT2D eigenvalue weighted by Crippen LogP contribution is -2.55. The van der Waals surface area contributed by atoms with E-state index in [0.717, 1.165) is 29.5 Å². The van der Waals surface area contributed by atoms with Gasteiger partial charge in [0, 0.05) is 38.1 Å². The van der Waals surface area contributed by atoms with Crippen molar-refractivity contribution >= 4 is 56.5 Å². The summed E-state index contributed by atoms with van der Waals surface area (Å²) in [6, 6.07) is 24.3. The molecule has 3 unspecified atom stereocenters. The van der Waals surface area contributed by atoms with Crippen LogP contribution in [0.5, 0.6) is 23.0 Å². The number of pyridine rings is 1. The maximum atomic E-state index is 14.9. The Bertz CT molecular complexity index is 3380. The summed E-state index contributed by atoms with van der Waals surface area (Å²) in [5.41, 5.74) is 4.77. The van der Waals surface area contributed by atoms with E-state index in [1.54, 1.807) is 71.3 Å². The second-order valence-electron chi connectivity index (χ2n) is 19.6. The van der Waals surface area contributed by atoms with Gasteiger partial charge < -0.3 is 52.4 Å². The fourth-order valence-electron chi connectivity index (χ4n) is 10.9. The zero-order chi connectivity index (χ0) is 57.0. The molecular formula is C60H63N5O15S. The van der Waals surface area contributed by atoms with E-state index in [-0.39, 0.29) is 101 Å². The number of sulfone groups is 1. The SMILES string of the molecule is C=CCOC(=O)N1c2cc(OCc3cccc(COc4cc5c(cc4OC)C(=O)N4c6ccccc6C[C@H]4C(OC4CCCCO4)N5C(=O)OCC=C)n3)c(OC)cc2C(=O)N2CC=C(c3ccc(S(=O)(=O)CC)cc3)C[C@H]2C1OC. The van der Waals surface area contributed by atoms with Crippen LogP contribution in [-0.2, 0) is 53.2 Å². The number of carbonyl (C=O) groups is 4. The van der Waals surface area contributed by atoms with E-state index in [0.29, 0.717) is 36.5 Å². The molecule has 81 heavy (non-hydrogen) atoms. The van der Waals surface area contributed by atoms with E-state index in [9.17, 15) is 27.6 Å². The van der Waals surface area contributed by atoms with Crippen molar-refractivity contribution < 1.29 is 70.2 Å². The van der Waals surface area contributed by atoms with Crippen molar-refractivity contribution in [2.24, 2.45) is 0 Å². The van der Waals surface area contributed by atoms with Crippen LogP contribution in [-0.4, -0.2) is 127 Å². The van der Waals surface area contributed by atoms with E-state index < -0.39 is 58.8 Å². The Balaban J connectivity index is 0.923. The first-order chi connectivity index (χ1) is 39.3. The van der Waals surface area contributed by atoms with Gasteiger partial charge in [0.15, 0.2) is 51.6 Å². The van der Waals surface area contributed by atoms with Crippen LogP contribution in [0.2, 0.25) is 0 Å². The Labute approximate surface area is 469 Å². The number of rotatable bonds is 18. The molecule has 5 aromatic rings. The van der Waals surface area contributed by atoms with E-state index in [1.807, 2.05) is 30.3 Å². The molecule has 4 amide bonds. The van der Waals surface area contributed by atoms with E-state index in [1.165, 1.54) is 55.4 Å². The minimum Gasteiger partial charge on any atom is -0.493 e. The number of aromatic nitrogens is 1. The Hall–Kier alpha value is -8.24. The minimum atomic E-state index is -3.43. The summed E-state index contributed by atoms with van der Waals surface area (Å²) >= 11 is 0. The quantitative estimate of drug-likeness (QED) is 0.0749. The van der Waals surface area contributed by atoms with Crippen LogP contribution >= 0.6 is 0 Å². The summed E-state index contributed by atoms with van der Waals surface area (Å²) in [6.45, 7) is 9.23. The summed E-state index contributed by atoms with van der Waals surface area (Å²) in [5.74, 6) is -0.0267. The maximum absolute atomic E-state index is 14.9. The molecular weight excluding hydrogens is 1060 g/mol. The first-order valence-corrected chi connectivity index (χ1v) is 28.3. The molecule has 20 nitrogen and oxygen atoms in total. The van der Waals surface area contributed by atoms with Gasteiger partial charge in [-0.3, -0.25) is 14.6 Å². The molecule has 6 heterocycles. The number of ether oxygens (including phenoxy) is 9. The molecule has 5 aliphatic heterocycles. The predicted molar refractivity (Wildman–Crippen MR) is 299 cm³/mol. The van der Waals surface area contributed by atoms with Crippen molar-refractivity contribution in [3.05, 3.63) is 156 Å². The Morgan fingerprint density at radius 2 is 1.33 bits per heavy atom. The molecule has 21 heteroatoms. The van der Waals surface area contributed by atoms with Gasteiger partial charge in [-0.25, -0.2) is 27.8 Å². The molecule has 0 spiro atoms. The van der Waals surface area contributed by atoms with Crippen molar-refractivity contribution in [1.29, 1.82) is 0 Å². The van der Waals surface area contributed by atoms with Crippen LogP contribution in [0.4, 0.5) is 26.7 Å². The van der Waals surface area contributed by atoms with Gasteiger partial charge in [0.25, 0.3) is 11.8 Å². The van der Waals surface area contributed by atoms with E-state index in [4.69, 9.17) is 47.6 Å². The lowest BCUT2D eigenvalue weighted by Gasteiger charge is -2.40. The number of benzene rings is 4. The number of carbonyl (C=O) groups excluding carboxylic acids is 4. The number of amides is 4. The zero-order valence-electron chi connectivity index (χ0n) is 45.4. The molecule has 5 atom stereocenters. The van der Waals surface area contributed by atoms with Crippen LogP contribution in [0.25, 0.3) is 5.57 Å². The van der Waals surface area contributed by atoms with Gasteiger partial charge >= 0.3 is 12.2 Å². The molecule has 5 aliphatic rings. The Morgan fingerprint density at radius 3 is 1.91 bits per heavy atom. The summed E-state index contributed by atoms with van der Waals surface area (Å²) in [7, 11) is 0.906. The third kappa shape index (κ3) is 11.2. The largest absolute Gasteiger partial charge is 0.493 e. The number of anilines is 3. The minimum absolute atomic E-state index is 0.0373. The van der Waals surface area contributed by atoms with Gasteiger partial charge in [-0.2, -0.15) is 0 Å². The van der Waals surface area contributed by atoms with Crippen molar-refractivity contribution in [3.8, 4) is 23.0 Å².